The van der Waals surface area contributed by atoms with E-state index < -0.39 is 0 Å². The lowest BCUT2D eigenvalue weighted by atomic mass is 9.64. The second-order valence-corrected chi connectivity index (χ2v) is 6.02. The highest BCUT2D eigenvalue weighted by atomic mass is 127. The molecule has 1 aromatic rings. The number of hydrogen-bond acceptors (Lipinski definition) is 1. The van der Waals surface area contributed by atoms with E-state index in [1.807, 2.05) is 0 Å². The van der Waals surface area contributed by atoms with Crippen LogP contribution in [-0.2, 0) is 5.41 Å². The predicted octanol–water partition coefficient (Wildman–Crippen LogP) is 3.14. The van der Waals surface area contributed by atoms with Gasteiger partial charge in [-0.25, -0.2) is 0 Å². The molecule has 0 bridgehead atoms. The quantitative estimate of drug-likeness (QED) is 0.492. The van der Waals surface area contributed by atoms with Crippen LogP contribution < -0.4 is 5.73 Å². The van der Waals surface area contributed by atoms with Crippen LogP contribution in [0.4, 0.5) is 0 Å². The van der Waals surface area contributed by atoms with Crippen LogP contribution in [0.3, 0.4) is 0 Å². The fraction of sp³-hybridized carbons (Fsp3) is 0.562. The summed E-state index contributed by atoms with van der Waals surface area (Å²) in [4.78, 5) is 6.81. The Morgan fingerprint density at radius 3 is 2.45 bits per heavy atom. The van der Waals surface area contributed by atoms with Gasteiger partial charge < -0.3 is 10.6 Å². The fourth-order valence-electron chi connectivity index (χ4n) is 2.93. The number of rotatable bonds is 4. The van der Waals surface area contributed by atoms with Crippen molar-refractivity contribution in [2.24, 2.45) is 10.7 Å². The van der Waals surface area contributed by atoms with Crippen LogP contribution in [0.2, 0.25) is 0 Å². The van der Waals surface area contributed by atoms with Crippen molar-refractivity contribution in [1.82, 2.24) is 4.90 Å². The van der Waals surface area contributed by atoms with Gasteiger partial charge in [-0.3, -0.25) is 4.99 Å². The number of halogens is 1. The smallest absolute Gasteiger partial charge is 0.191 e. The van der Waals surface area contributed by atoms with Crippen LogP contribution in [0.25, 0.3) is 0 Å². The first-order chi connectivity index (χ1) is 9.21. The maximum absolute atomic E-state index is 6.10. The standard InChI is InChI=1S/C16H23N3.HI/c1-19(14-8-9-14)15(17)18-12-16(10-5-11-16)13-6-3-2-4-7-13;/h2-4,6-7,14H,5,8-12H2,1H3,(H2,17,18);1H. The van der Waals surface area contributed by atoms with Crippen LogP contribution >= 0.6 is 24.0 Å². The number of nitrogens with two attached hydrogens (primary N) is 1. The number of aliphatic imine (C=N–C) groups is 1. The summed E-state index contributed by atoms with van der Waals surface area (Å²) in [6.45, 7) is 0.833. The van der Waals surface area contributed by atoms with Gasteiger partial charge in [0.2, 0.25) is 0 Å². The molecule has 3 nitrogen and oxygen atoms in total. The molecule has 0 amide bonds. The maximum atomic E-state index is 6.10. The zero-order valence-corrected chi connectivity index (χ0v) is 14.4. The maximum Gasteiger partial charge on any atom is 0.191 e. The molecular formula is C16H24IN3. The van der Waals surface area contributed by atoms with E-state index in [1.54, 1.807) is 0 Å². The van der Waals surface area contributed by atoms with Crippen LogP contribution in [0.15, 0.2) is 35.3 Å². The first-order valence-corrected chi connectivity index (χ1v) is 7.30. The van der Waals surface area contributed by atoms with Gasteiger partial charge in [0.1, 0.15) is 0 Å². The molecule has 3 rings (SSSR count). The summed E-state index contributed by atoms with van der Waals surface area (Å²) >= 11 is 0. The zero-order chi connectivity index (χ0) is 13.3. The molecule has 0 aromatic heterocycles. The van der Waals surface area contributed by atoms with Crippen molar-refractivity contribution in [2.45, 2.75) is 43.6 Å². The molecule has 4 heteroatoms. The Balaban J connectivity index is 0.00000147. The minimum Gasteiger partial charge on any atom is -0.370 e. The molecule has 20 heavy (non-hydrogen) atoms. The summed E-state index contributed by atoms with van der Waals surface area (Å²) in [5, 5.41) is 0. The molecule has 0 unspecified atom stereocenters. The fourth-order valence-corrected chi connectivity index (χ4v) is 2.93. The van der Waals surface area contributed by atoms with Crippen LogP contribution in [-0.4, -0.2) is 30.5 Å². The molecule has 0 atom stereocenters. The Morgan fingerprint density at radius 1 is 1.30 bits per heavy atom. The molecule has 2 saturated carbocycles. The first-order valence-electron chi connectivity index (χ1n) is 7.30. The number of nitrogens with zero attached hydrogens (tertiary/aromatic N) is 2. The molecule has 0 saturated heterocycles. The van der Waals surface area contributed by atoms with Crippen molar-refractivity contribution in [3.8, 4) is 0 Å². The van der Waals surface area contributed by atoms with E-state index in [0.717, 1.165) is 6.54 Å². The van der Waals surface area contributed by atoms with Crippen molar-refractivity contribution >= 4 is 29.9 Å². The van der Waals surface area contributed by atoms with Gasteiger partial charge in [-0.2, -0.15) is 0 Å². The lowest BCUT2D eigenvalue weighted by Crippen LogP contribution is -2.41. The molecule has 0 heterocycles. The van der Waals surface area contributed by atoms with Gasteiger partial charge in [0.15, 0.2) is 5.96 Å². The third-order valence-electron chi connectivity index (χ3n) is 4.70. The Bertz CT molecular complexity index is 464. The Kier molecular flexibility index (Phi) is 4.94. The van der Waals surface area contributed by atoms with Gasteiger partial charge in [0.05, 0.1) is 6.54 Å². The molecular weight excluding hydrogens is 361 g/mol. The first kappa shape index (κ1) is 15.6. The van der Waals surface area contributed by atoms with Crippen molar-refractivity contribution in [3.63, 3.8) is 0 Å². The molecule has 2 aliphatic carbocycles. The van der Waals surface area contributed by atoms with Gasteiger partial charge in [0, 0.05) is 18.5 Å². The molecule has 0 aliphatic heterocycles. The van der Waals surface area contributed by atoms with Gasteiger partial charge in [-0.1, -0.05) is 36.8 Å². The number of benzene rings is 1. The van der Waals surface area contributed by atoms with Gasteiger partial charge in [0.25, 0.3) is 0 Å². The number of hydrogen-bond donors (Lipinski definition) is 1. The second-order valence-electron chi connectivity index (χ2n) is 6.02. The summed E-state index contributed by atoms with van der Waals surface area (Å²) in [6.07, 6.45) is 6.30. The predicted molar refractivity (Wildman–Crippen MR) is 94.7 cm³/mol. The SMILES string of the molecule is CN(C(N)=NCC1(c2ccccc2)CCC1)C1CC1.I. The van der Waals surface area contributed by atoms with Crippen molar-refractivity contribution in [1.29, 1.82) is 0 Å². The van der Waals surface area contributed by atoms with E-state index in [9.17, 15) is 0 Å². The van der Waals surface area contributed by atoms with Crippen molar-refractivity contribution in [2.75, 3.05) is 13.6 Å². The third-order valence-corrected chi connectivity index (χ3v) is 4.70. The average molecular weight is 385 g/mol. The van der Waals surface area contributed by atoms with E-state index in [-0.39, 0.29) is 29.4 Å². The van der Waals surface area contributed by atoms with Crippen LogP contribution in [0.5, 0.6) is 0 Å². The van der Waals surface area contributed by atoms with Gasteiger partial charge in [-0.15, -0.1) is 24.0 Å². The molecule has 0 spiro atoms. The highest BCUT2D eigenvalue weighted by Crippen LogP contribution is 2.43. The Morgan fingerprint density at radius 2 is 1.95 bits per heavy atom. The van der Waals surface area contributed by atoms with E-state index in [1.165, 1.54) is 37.7 Å². The summed E-state index contributed by atoms with van der Waals surface area (Å²) in [7, 11) is 2.06. The van der Waals surface area contributed by atoms with Gasteiger partial charge >= 0.3 is 0 Å². The Hall–Kier alpha value is -0.780. The van der Waals surface area contributed by atoms with Crippen LogP contribution in [0, 0.1) is 0 Å². The lowest BCUT2D eigenvalue weighted by molar-refractivity contribution is 0.252. The topological polar surface area (TPSA) is 41.6 Å². The second kappa shape index (κ2) is 6.33. The van der Waals surface area contributed by atoms with E-state index in [4.69, 9.17) is 5.73 Å². The minimum atomic E-state index is 0. The summed E-state index contributed by atoms with van der Waals surface area (Å²) in [6, 6.07) is 11.4. The van der Waals surface area contributed by atoms with Gasteiger partial charge in [-0.05, 0) is 31.2 Å². The summed E-state index contributed by atoms with van der Waals surface area (Å²) < 4.78 is 0. The molecule has 110 valence electrons. The number of guanidine groups is 1. The Labute approximate surface area is 138 Å². The normalized spacial score (nSPS) is 20.8. The molecule has 0 radical (unpaired) electrons. The monoisotopic (exact) mass is 385 g/mol. The lowest BCUT2D eigenvalue weighted by Gasteiger charge is -2.41. The zero-order valence-electron chi connectivity index (χ0n) is 12.1. The largest absolute Gasteiger partial charge is 0.370 e. The highest BCUT2D eigenvalue weighted by molar-refractivity contribution is 14.0. The van der Waals surface area contributed by atoms with E-state index >= 15 is 0 Å². The molecule has 2 N–H and O–H groups in total. The molecule has 1 aromatic carbocycles. The summed E-state index contributed by atoms with van der Waals surface area (Å²) in [5.74, 6) is 0.713. The third kappa shape index (κ3) is 3.10. The van der Waals surface area contributed by atoms with Crippen LogP contribution in [0.1, 0.15) is 37.7 Å². The van der Waals surface area contributed by atoms with E-state index in [0.29, 0.717) is 12.0 Å². The highest BCUT2D eigenvalue weighted by Gasteiger charge is 2.38. The molecule has 2 fully saturated rings. The van der Waals surface area contributed by atoms with E-state index in [2.05, 4.69) is 47.3 Å². The molecule has 2 aliphatic rings. The average Bonchev–Trinajstić information content (AvgIpc) is 3.22. The van der Waals surface area contributed by atoms with Crippen molar-refractivity contribution < 1.29 is 0 Å². The summed E-state index contributed by atoms with van der Waals surface area (Å²) in [5.41, 5.74) is 7.77. The van der Waals surface area contributed by atoms with Crippen molar-refractivity contribution in [3.05, 3.63) is 35.9 Å². The minimum absolute atomic E-state index is 0.